The van der Waals surface area contributed by atoms with Crippen LogP contribution in [0.15, 0.2) is 12.1 Å². The van der Waals surface area contributed by atoms with E-state index in [1.807, 2.05) is 0 Å². The fourth-order valence-corrected chi connectivity index (χ4v) is 3.61. The molecule has 2 aliphatic rings. The van der Waals surface area contributed by atoms with Crippen molar-refractivity contribution >= 4 is 0 Å². The molecule has 0 radical (unpaired) electrons. The van der Waals surface area contributed by atoms with Gasteiger partial charge in [-0.05, 0) is 64.0 Å². The van der Waals surface area contributed by atoms with Gasteiger partial charge in [0.2, 0.25) is 0 Å². The first-order chi connectivity index (χ1) is 9.83. The first kappa shape index (κ1) is 14.2. The van der Waals surface area contributed by atoms with Crippen LogP contribution in [-0.2, 0) is 20.1 Å². The van der Waals surface area contributed by atoms with Crippen molar-refractivity contribution in [3.05, 3.63) is 23.5 Å². The number of likely N-dealkylation sites (tertiary alicyclic amines) is 2. The third-order valence-corrected chi connectivity index (χ3v) is 5.00. The van der Waals surface area contributed by atoms with E-state index in [2.05, 4.69) is 33.5 Å². The molecule has 0 N–H and O–H groups in total. The van der Waals surface area contributed by atoms with Crippen LogP contribution in [0, 0.1) is 0 Å². The maximum atomic E-state index is 2.61. The molecule has 0 spiro atoms. The minimum absolute atomic E-state index is 1.14. The molecule has 0 aromatic carbocycles. The molecule has 3 nitrogen and oxygen atoms in total. The van der Waals surface area contributed by atoms with Crippen LogP contribution < -0.4 is 0 Å². The van der Waals surface area contributed by atoms with Gasteiger partial charge < -0.3 is 4.57 Å². The van der Waals surface area contributed by atoms with E-state index in [1.165, 1.54) is 76.1 Å². The van der Waals surface area contributed by atoms with E-state index in [9.17, 15) is 0 Å². The number of nitrogens with zero attached hydrogens (tertiary/aromatic N) is 3. The third kappa shape index (κ3) is 3.44. The molecule has 0 saturated carbocycles. The van der Waals surface area contributed by atoms with Crippen LogP contribution in [0.4, 0.5) is 0 Å². The molecule has 0 aliphatic carbocycles. The number of rotatable bonds is 4. The predicted molar refractivity (Wildman–Crippen MR) is 83.7 cm³/mol. The van der Waals surface area contributed by atoms with Crippen LogP contribution in [0.5, 0.6) is 0 Å². The lowest BCUT2D eigenvalue weighted by molar-refractivity contribution is 0.210. The molecule has 1 aromatic heterocycles. The van der Waals surface area contributed by atoms with Gasteiger partial charge in [0.05, 0.1) is 0 Å². The van der Waals surface area contributed by atoms with Crippen molar-refractivity contribution in [2.45, 2.75) is 51.6 Å². The van der Waals surface area contributed by atoms with Gasteiger partial charge in [-0.25, -0.2) is 0 Å². The summed E-state index contributed by atoms with van der Waals surface area (Å²) < 4.78 is 2.43. The molecule has 0 amide bonds. The Morgan fingerprint density at radius 1 is 0.700 bits per heavy atom. The van der Waals surface area contributed by atoms with E-state index in [0.717, 1.165) is 13.1 Å². The Morgan fingerprint density at radius 2 is 1.10 bits per heavy atom. The van der Waals surface area contributed by atoms with Gasteiger partial charge in [-0.1, -0.05) is 12.8 Å². The van der Waals surface area contributed by atoms with Crippen molar-refractivity contribution in [1.29, 1.82) is 0 Å². The highest BCUT2D eigenvalue weighted by Crippen LogP contribution is 2.17. The highest BCUT2D eigenvalue weighted by atomic mass is 15.2. The van der Waals surface area contributed by atoms with Crippen LogP contribution in [0.25, 0.3) is 0 Å². The standard InChI is InChI=1S/C17H29N3/c1-18-16(14-19-10-4-2-5-11-19)8-9-17(18)15-20-12-6-3-7-13-20/h8-9H,2-7,10-15H2,1H3. The summed E-state index contributed by atoms with van der Waals surface area (Å²) in [7, 11) is 2.25. The van der Waals surface area contributed by atoms with Crippen molar-refractivity contribution in [2.24, 2.45) is 7.05 Å². The fourth-order valence-electron chi connectivity index (χ4n) is 3.61. The summed E-state index contributed by atoms with van der Waals surface area (Å²) in [4.78, 5) is 5.23. The summed E-state index contributed by atoms with van der Waals surface area (Å²) in [6.45, 7) is 7.41. The van der Waals surface area contributed by atoms with Crippen molar-refractivity contribution in [2.75, 3.05) is 26.2 Å². The van der Waals surface area contributed by atoms with Crippen LogP contribution in [0.3, 0.4) is 0 Å². The number of hydrogen-bond acceptors (Lipinski definition) is 2. The Hall–Kier alpha value is -0.800. The molecule has 0 unspecified atom stereocenters. The SMILES string of the molecule is Cn1c(CN2CCCCC2)ccc1CN1CCCCC1. The molecule has 112 valence electrons. The van der Waals surface area contributed by atoms with Gasteiger partial charge >= 0.3 is 0 Å². The van der Waals surface area contributed by atoms with E-state index < -0.39 is 0 Å². The lowest BCUT2D eigenvalue weighted by atomic mass is 10.1. The van der Waals surface area contributed by atoms with Gasteiger partial charge in [-0.3, -0.25) is 9.80 Å². The molecule has 1 aromatic rings. The minimum atomic E-state index is 1.14. The maximum Gasteiger partial charge on any atom is 0.0387 e. The number of hydrogen-bond donors (Lipinski definition) is 0. The zero-order chi connectivity index (χ0) is 13.8. The highest BCUT2D eigenvalue weighted by Gasteiger charge is 2.15. The van der Waals surface area contributed by atoms with Gasteiger partial charge in [0.15, 0.2) is 0 Å². The van der Waals surface area contributed by atoms with Crippen LogP contribution in [0.2, 0.25) is 0 Å². The monoisotopic (exact) mass is 275 g/mol. The van der Waals surface area contributed by atoms with Gasteiger partial charge in [0.25, 0.3) is 0 Å². The Balaban J connectivity index is 1.59. The van der Waals surface area contributed by atoms with Crippen LogP contribution >= 0.6 is 0 Å². The molecule has 2 saturated heterocycles. The van der Waals surface area contributed by atoms with E-state index in [1.54, 1.807) is 0 Å². The second-order valence-corrected chi connectivity index (χ2v) is 6.55. The summed E-state index contributed by atoms with van der Waals surface area (Å²) in [5.41, 5.74) is 2.97. The lowest BCUT2D eigenvalue weighted by Gasteiger charge is -2.28. The molecule has 2 aliphatic heterocycles. The van der Waals surface area contributed by atoms with Crippen molar-refractivity contribution in [3.63, 3.8) is 0 Å². The molecular formula is C17H29N3. The van der Waals surface area contributed by atoms with Crippen molar-refractivity contribution in [1.82, 2.24) is 14.4 Å². The van der Waals surface area contributed by atoms with Gasteiger partial charge in [-0.15, -0.1) is 0 Å². The first-order valence-corrected chi connectivity index (χ1v) is 8.41. The first-order valence-electron chi connectivity index (χ1n) is 8.41. The summed E-state index contributed by atoms with van der Waals surface area (Å²) >= 11 is 0. The lowest BCUT2D eigenvalue weighted by Crippen LogP contribution is -2.31. The molecule has 0 bridgehead atoms. The van der Waals surface area contributed by atoms with Gasteiger partial charge in [-0.2, -0.15) is 0 Å². The van der Waals surface area contributed by atoms with E-state index in [0.29, 0.717) is 0 Å². The summed E-state index contributed by atoms with van der Waals surface area (Å²) in [6, 6.07) is 4.68. The Labute approximate surface area is 123 Å². The fraction of sp³-hybridized carbons (Fsp3) is 0.765. The highest BCUT2D eigenvalue weighted by molar-refractivity contribution is 5.16. The summed E-state index contributed by atoms with van der Waals surface area (Å²) in [5.74, 6) is 0. The summed E-state index contributed by atoms with van der Waals surface area (Å²) in [6.07, 6.45) is 8.36. The molecule has 0 atom stereocenters. The van der Waals surface area contributed by atoms with Crippen LogP contribution in [-0.4, -0.2) is 40.5 Å². The topological polar surface area (TPSA) is 11.4 Å². The Morgan fingerprint density at radius 3 is 1.50 bits per heavy atom. The van der Waals surface area contributed by atoms with Crippen molar-refractivity contribution in [3.8, 4) is 0 Å². The number of aromatic nitrogens is 1. The van der Waals surface area contributed by atoms with E-state index in [4.69, 9.17) is 0 Å². The van der Waals surface area contributed by atoms with E-state index in [-0.39, 0.29) is 0 Å². The average molecular weight is 275 g/mol. The molecular weight excluding hydrogens is 246 g/mol. The zero-order valence-corrected chi connectivity index (χ0v) is 13.0. The normalized spacial score (nSPS) is 22.2. The molecule has 3 rings (SSSR count). The average Bonchev–Trinajstić information content (AvgIpc) is 2.83. The van der Waals surface area contributed by atoms with Crippen molar-refractivity contribution < 1.29 is 0 Å². The molecule has 3 heteroatoms. The second kappa shape index (κ2) is 6.77. The molecule has 2 fully saturated rings. The van der Waals surface area contributed by atoms with Gasteiger partial charge in [0.1, 0.15) is 0 Å². The second-order valence-electron chi connectivity index (χ2n) is 6.55. The summed E-state index contributed by atoms with van der Waals surface area (Å²) in [5, 5.41) is 0. The zero-order valence-electron chi connectivity index (χ0n) is 13.0. The molecule has 3 heterocycles. The largest absolute Gasteiger partial charge is 0.349 e. The quantitative estimate of drug-likeness (QED) is 0.837. The van der Waals surface area contributed by atoms with Crippen LogP contribution in [0.1, 0.15) is 49.9 Å². The Bertz CT molecular complexity index is 374. The molecule has 20 heavy (non-hydrogen) atoms. The smallest absolute Gasteiger partial charge is 0.0387 e. The van der Waals surface area contributed by atoms with Gasteiger partial charge in [0, 0.05) is 31.5 Å². The predicted octanol–water partition coefficient (Wildman–Crippen LogP) is 3.00. The van der Waals surface area contributed by atoms with E-state index >= 15 is 0 Å². The minimum Gasteiger partial charge on any atom is -0.349 e. The number of piperidine rings is 2. The third-order valence-electron chi connectivity index (χ3n) is 5.00. The Kier molecular flexibility index (Phi) is 4.79. The maximum absolute atomic E-state index is 2.61.